The van der Waals surface area contributed by atoms with Gasteiger partial charge in [0.25, 0.3) is 0 Å². The molecular weight excluding hydrogens is 242 g/mol. The highest BCUT2D eigenvalue weighted by Gasteiger charge is 2.19. The van der Waals surface area contributed by atoms with Crippen molar-refractivity contribution >= 4 is 5.91 Å². The van der Waals surface area contributed by atoms with Crippen LogP contribution in [0, 0.1) is 0 Å². The quantitative estimate of drug-likeness (QED) is 0.712. The van der Waals surface area contributed by atoms with Crippen LogP contribution < -0.4 is 10.6 Å². The fraction of sp³-hybridized carbons (Fsp3) is 0.929. The molecule has 1 heterocycles. The molecule has 1 fully saturated rings. The van der Waals surface area contributed by atoms with Gasteiger partial charge in [-0.3, -0.25) is 9.69 Å². The van der Waals surface area contributed by atoms with Gasteiger partial charge in [-0.2, -0.15) is 0 Å². The number of carbonyl (C=O) groups excluding carboxylic acids is 1. The Kier molecular flexibility index (Phi) is 7.34. The van der Waals surface area contributed by atoms with Gasteiger partial charge in [-0.05, 0) is 27.2 Å². The molecule has 5 heteroatoms. The Hall–Kier alpha value is -0.650. The minimum atomic E-state index is -0.148. The largest absolute Gasteiger partial charge is 0.379 e. The number of carbonyl (C=O) groups is 1. The van der Waals surface area contributed by atoms with Gasteiger partial charge < -0.3 is 15.4 Å². The SMILES string of the molecule is CCC(C)NC(=O)C(C)NC(C)CN1CCOCC1. The summed E-state index contributed by atoms with van der Waals surface area (Å²) in [7, 11) is 0. The predicted molar refractivity (Wildman–Crippen MR) is 77.2 cm³/mol. The van der Waals surface area contributed by atoms with Crippen molar-refractivity contribution in [2.24, 2.45) is 0 Å². The van der Waals surface area contributed by atoms with Gasteiger partial charge in [0.15, 0.2) is 0 Å². The van der Waals surface area contributed by atoms with Gasteiger partial charge in [-0.25, -0.2) is 0 Å². The number of nitrogens with zero attached hydrogens (tertiary/aromatic N) is 1. The molecule has 0 aromatic rings. The summed E-state index contributed by atoms with van der Waals surface area (Å²) in [5, 5.41) is 6.37. The van der Waals surface area contributed by atoms with Crippen molar-refractivity contribution in [3.8, 4) is 0 Å². The molecule has 0 aromatic carbocycles. The Morgan fingerprint density at radius 1 is 1.21 bits per heavy atom. The number of morpholine rings is 1. The first kappa shape index (κ1) is 16.4. The van der Waals surface area contributed by atoms with Crippen LogP contribution in [0.25, 0.3) is 0 Å². The second-order valence-corrected chi connectivity index (χ2v) is 5.52. The van der Waals surface area contributed by atoms with E-state index in [0.29, 0.717) is 6.04 Å². The third-order valence-electron chi connectivity index (χ3n) is 3.56. The van der Waals surface area contributed by atoms with E-state index in [9.17, 15) is 4.79 Å². The van der Waals surface area contributed by atoms with Gasteiger partial charge in [-0.1, -0.05) is 6.92 Å². The topological polar surface area (TPSA) is 53.6 Å². The van der Waals surface area contributed by atoms with Crippen LogP contribution >= 0.6 is 0 Å². The molecule has 1 saturated heterocycles. The van der Waals surface area contributed by atoms with E-state index in [1.807, 2.05) is 13.8 Å². The Morgan fingerprint density at radius 2 is 1.84 bits per heavy atom. The van der Waals surface area contributed by atoms with Crippen molar-refractivity contribution < 1.29 is 9.53 Å². The first-order chi connectivity index (χ1) is 9.02. The summed E-state index contributed by atoms with van der Waals surface area (Å²) in [4.78, 5) is 14.3. The maximum absolute atomic E-state index is 11.9. The zero-order valence-electron chi connectivity index (χ0n) is 12.7. The number of rotatable bonds is 7. The van der Waals surface area contributed by atoms with Gasteiger partial charge in [0.05, 0.1) is 19.3 Å². The van der Waals surface area contributed by atoms with Crippen molar-refractivity contribution in [3.05, 3.63) is 0 Å². The van der Waals surface area contributed by atoms with Crippen LogP contribution in [0.1, 0.15) is 34.1 Å². The summed E-state index contributed by atoms with van der Waals surface area (Å²) in [6.07, 6.45) is 0.960. The molecule has 1 rings (SSSR count). The lowest BCUT2D eigenvalue weighted by Gasteiger charge is -2.30. The minimum absolute atomic E-state index is 0.0863. The van der Waals surface area contributed by atoms with Crippen LogP contribution in [0.15, 0.2) is 0 Å². The van der Waals surface area contributed by atoms with Gasteiger partial charge in [0.2, 0.25) is 5.91 Å². The molecule has 112 valence electrons. The number of nitrogens with one attached hydrogen (secondary N) is 2. The lowest BCUT2D eigenvalue weighted by molar-refractivity contribution is -0.123. The van der Waals surface area contributed by atoms with Crippen LogP contribution in [0.5, 0.6) is 0 Å². The second kappa shape index (κ2) is 8.51. The zero-order valence-corrected chi connectivity index (χ0v) is 12.7. The van der Waals surface area contributed by atoms with Crippen molar-refractivity contribution in [1.29, 1.82) is 0 Å². The van der Waals surface area contributed by atoms with Gasteiger partial charge in [-0.15, -0.1) is 0 Å². The molecule has 3 atom stereocenters. The van der Waals surface area contributed by atoms with E-state index in [4.69, 9.17) is 4.74 Å². The van der Waals surface area contributed by atoms with Crippen molar-refractivity contribution in [2.75, 3.05) is 32.8 Å². The van der Waals surface area contributed by atoms with Gasteiger partial charge in [0.1, 0.15) is 0 Å². The standard InChI is InChI=1S/C14H29N3O2/c1-5-11(2)16-14(18)13(4)15-12(3)10-17-6-8-19-9-7-17/h11-13,15H,5-10H2,1-4H3,(H,16,18). The smallest absolute Gasteiger partial charge is 0.237 e. The maximum atomic E-state index is 11.9. The van der Waals surface area contributed by atoms with Crippen LogP contribution in [-0.2, 0) is 9.53 Å². The highest BCUT2D eigenvalue weighted by Crippen LogP contribution is 1.99. The summed E-state index contributed by atoms with van der Waals surface area (Å²) in [6, 6.07) is 0.395. The summed E-state index contributed by atoms with van der Waals surface area (Å²) in [6.45, 7) is 12.7. The fourth-order valence-corrected chi connectivity index (χ4v) is 2.20. The predicted octanol–water partition coefficient (Wildman–Crippen LogP) is 0.600. The van der Waals surface area contributed by atoms with Crippen LogP contribution in [0.2, 0.25) is 0 Å². The molecule has 0 aliphatic carbocycles. The molecule has 0 radical (unpaired) electrons. The van der Waals surface area contributed by atoms with E-state index < -0.39 is 0 Å². The number of ether oxygens (including phenoxy) is 1. The Bertz CT molecular complexity index is 267. The van der Waals surface area contributed by atoms with E-state index in [1.54, 1.807) is 0 Å². The molecule has 0 saturated carbocycles. The molecule has 0 aromatic heterocycles. The van der Waals surface area contributed by atoms with Crippen molar-refractivity contribution in [2.45, 2.75) is 52.2 Å². The van der Waals surface area contributed by atoms with Crippen molar-refractivity contribution in [1.82, 2.24) is 15.5 Å². The normalized spacial score (nSPS) is 21.7. The first-order valence-corrected chi connectivity index (χ1v) is 7.39. The lowest BCUT2D eigenvalue weighted by atomic mass is 10.2. The van der Waals surface area contributed by atoms with Crippen LogP contribution in [0.4, 0.5) is 0 Å². The molecule has 0 bridgehead atoms. The third-order valence-corrected chi connectivity index (χ3v) is 3.56. The number of amides is 1. The average Bonchev–Trinajstić information content (AvgIpc) is 2.39. The Labute approximate surface area is 117 Å². The van der Waals surface area contributed by atoms with E-state index in [1.165, 1.54) is 0 Å². The number of hydrogen-bond acceptors (Lipinski definition) is 4. The molecule has 3 unspecified atom stereocenters. The first-order valence-electron chi connectivity index (χ1n) is 7.39. The molecule has 19 heavy (non-hydrogen) atoms. The molecule has 5 nitrogen and oxygen atoms in total. The average molecular weight is 271 g/mol. The van der Waals surface area contributed by atoms with Crippen molar-refractivity contribution in [3.63, 3.8) is 0 Å². The Morgan fingerprint density at radius 3 is 2.42 bits per heavy atom. The summed E-state index contributed by atoms with van der Waals surface area (Å²) in [5.74, 6) is 0.0863. The highest BCUT2D eigenvalue weighted by atomic mass is 16.5. The minimum Gasteiger partial charge on any atom is -0.379 e. The van der Waals surface area contributed by atoms with Crippen LogP contribution in [-0.4, -0.2) is 61.8 Å². The van der Waals surface area contributed by atoms with E-state index in [2.05, 4.69) is 29.4 Å². The molecular formula is C14H29N3O2. The molecule has 1 amide bonds. The highest BCUT2D eigenvalue weighted by molar-refractivity contribution is 5.81. The number of hydrogen-bond donors (Lipinski definition) is 2. The van der Waals surface area contributed by atoms with Crippen LogP contribution in [0.3, 0.4) is 0 Å². The van der Waals surface area contributed by atoms with E-state index >= 15 is 0 Å². The third kappa shape index (κ3) is 6.36. The summed E-state index contributed by atoms with van der Waals surface area (Å²) < 4.78 is 5.33. The molecule has 2 N–H and O–H groups in total. The monoisotopic (exact) mass is 271 g/mol. The molecule has 1 aliphatic rings. The lowest BCUT2D eigenvalue weighted by Crippen LogP contribution is -2.51. The van der Waals surface area contributed by atoms with E-state index in [-0.39, 0.29) is 18.0 Å². The second-order valence-electron chi connectivity index (χ2n) is 5.52. The fourth-order valence-electron chi connectivity index (χ4n) is 2.20. The zero-order chi connectivity index (χ0) is 14.3. The molecule has 0 spiro atoms. The van der Waals surface area contributed by atoms with Gasteiger partial charge >= 0.3 is 0 Å². The Balaban J connectivity index is 2.26. The summed E-state index contributed by atoms with van der Waals surface area (Å²) >= 11 is 0. The molecule has 1 aliphatic heterocycles. The van der Waals surface area contributed by atoms with E-state index in [0.717, 1.165) is 39.3 Å². The van der Waals surface area contributed by atoms with Gasteiger partial charge in [0, 0.05) is 31.7 Å². The maximum Gasteiger partial charge on any atom is 0.237 e. The summed E-state index contributed by atoms with van der Waals surface area (Å²) in [5.41, 5.74) is 0.